The van der Waals surface area contributed by atoms with E-state index < -0.39 is 0 Å². The topological polar surface area (TPSA) is 49.3 Å². The van der Waals surface area contributed by atoms with Crippen LogP contribution in [-0.4, -0.2) is 32.1 Å². The first-order valence-electron chi connectivity index (χ1n) is 10.8. The summed E-state index contributed by atoms with van der Waals surface area (Å²) in [6.45, 7) is 11.3. The van der Waals surface area contributed by atoms with Crippen molar-refractivity contribution < 1.29 is 19.0 Å². The lowest BCUT2D eigenvalue weighted by Crippen LogP contribution is -2.14. The third-order valence-corrected chi connectivity index (χ3v) is 4.83. The predicted molar refractivity (Wildman–Crippen MR) is 127 cm³/mol. The number of oxime groups is 1. The van der Waals surface area contributed by atoms with Crippen LogP contribution in [0.4, 0.5) is 0 Å². The second-order valence-corrected chi connectivity index (χ2v) is 7.57. The molecule has 0 saturated heterocycles. The lowest BCUT2D eigenvalue weighted by atomic mass is 10.1. The minimum Gasteiger partial charge on any atom is -0.493 e. The standard InChI is InChI=1S/C26H35NO4/c1-7-8-14-29-25-16-19(2)26(20(3)17-25)30-15-10-11-21(4)31-24-13-9-12-23(18-24)22(5)27-28-6/h7-9,12-13,16-18,21H,10-11,14-15H2,1-6H3/b8-7+,27-22?. The minimum atomic E-state index is 0.0862. The Morgan fingerprint density at radius 2 is 1.81 bits per heavy atom. The number of allylic oxidation sites excluding steroid dienone is 1. The van der Waals surface area contributed by atoms with Gasteiger partial charge in [0, 0.05) is 5.56 Å². The third kappa shape index (κ3) is 8.00. The molecule has 5 nitrogen and oxygen atoms in total. The van der Waals surface area contributed by atoms with E-state index in [1.54, 1.807) is 7.11 Å². The maximum atomic E-state index is 6.07. The number of ether oxygens (including phenoxy) is 3. The van der Waals surface area contributed by atoms with Gasteiger partial charge in [0.05, 0.1) is 18.4 Å². The Morgan fingerprint density at radius 3 is 2.48 bits per heavy atom. The van der Waals surface area contributed by atoms with Crippen LogP contribution in [0.15, 0.2) is 53.7 Å². The molecular weight excluding hydrogens is 390 g/mol. The molecule has 2 aromatic carbocycles. The van der Waals surface area contributed by atoms with Gasteiger partial charge in [-0.15, -0.1) is 0 Å². The van der Waals surface area contributed by atoms with Gasteiger partial charge < -0.3 is 19.0 Å². The van der Waals surface area contributed by atoms with Crippen molar-refractivity contribution in [3.8, 4) is 17.2 Å². The van der Waals surface area contributed by atoms with E-state index in [-0.39, 0.29) is 6.10 Å². The third-order valence-electron chi connectivity index (χ3n) is 4.83. The molecule has 0 spiro atoms. The van der Waals surface area contributed by atoms with Crippen molar-refractivity contribution in [2.75, 3.05) is 20.3 Å². The minimum absolute atomic E-state index is 0.0862. The van der Waals surface area contributed by atoms with E-state index in [9.17, 15) is 0 Å². The highest BCUT2D eigenvalue weighted by molar-refractivity contribution is 5.98. The van der Waals surface area contributed by atoms with Crippen molar-refractivity contribution >= 4 is 5.71 Å². The molecule has 0 aliphatic rings. The molecule has 0 radical (unpaired) electrons. The van der Waals surface area contributed by atoms with E-state index >= 15 is 0 Å². The highest BCUT2D eigenvalue weighted by Crippen LogP contribution is 2.29. The molecule has 0 N–H and O–H groups in total. The molecular formula is C26H35NO4. The van der Waals surface area contributed by atoms with Gasteiger partial charge >= 0.3 is 0 Å². The summed E-state index contributed by atoms with van der Waals surface area (Å²) in [5, 5.41) is 3.98. The summed E-state index contributed by atoms with van der Waals surface area (Å²) >= 11 is 0. The predicted octanol–water partition coefficient (Wildman–Crippen LogP) is 6.26. The maximum absolute atomic E-state index is 6.07. The van der Waals surface area contributed by atoms with Gasteiger partial charge in [0.1, 0.15) is 31.0 Å². The zero-order valence-corrected chi connectivity index (χ0v) is 19.6. The van der Waals surface area contributed by atoms with Gasteiger partial charge in [-0.2, -0.15) is 0 Å². The number of benzene rings is 2. The Bertz CT molecular complexity index is 866. The molecule has 1 atom stereocenters. The van der Waals surface area contributed by atoms with Crippen molar-refractivity contribution in [3.63, 3.8) is 0 Å². The van der Waals surface area contributed by atoms with Gasteiger partial charge in [-0.05, 0) is 82.9 Å². The van der Waals surface area contributed by atoms with Crippen LogP contribution in [0.25, 0.3) is 0 Å². The Hall–Kier alpha value is -2.95. The zero-order valence-electron chi connectivity index (χ0n) is 19.6. The van der Waals surface area contributed by atoms with Crippen LogP contribution in [0.2, 0.25) is 0 Å². The molecule has 0 bridgehead atoms. The highest BCUT2D eigenvalue weighted by Gasteiger charge is 2.09. The highest BCUT2D eigenvalue weighted by atomic mass is 16.6. The summed E-state index contributed by atoms with van der Waals surface area (Å²) in [6.07, 6.45) is 5.86. The first-order chi connectivity index (χ1) is 14.9. The molecule has 1 unspecified atom stereocenters. The van der Waals surface area contributed by atoms with E-state index in [1.807, 2.05) is 62.4 Å². The summed E-state index contributed by atoms with van der Waals surface area (Å²) < 4.78 is 17.9. The fourth-order valence-corrected chi connectivity index (χ4v) is 3.28. The fourth-order valence-electron chi connectivity index (χ4n) is 3.28. The summed E-state index contributed by atoms with van der Waals surface area (Å²) in [7, 11) is 1.55. The lowest BCUT2D eigenvalue weighted by Gasteiger charge is -2.17. The van der Waals surface area contributed by atoms with Gasteiger partial charge in [0.25, 0.3) is 0 Å². The Morgan fingerprint density at radius 1 is 1.06 bits per heavy atom. The summed E-state index contributed by atoms with van der Waals surface area (Å²) in [4.78, 5) is 4.85. The van der Waals surface area contributed by atoms with Gasteiger partial charge in [0.2, 0.25) is 0 Å². The summed E-state index contributed by atoms with van der Waals surface area (Å²) in [6, 6.07) is 12.0. The van der Waals surface area contributed by atoms with Crippen LogP contribution in [0.3, 0.4) is 0 Å². The van der Waals surface area contributed by atoms with Crippen molar-refractivity contribution in [2.45, 2.75) is 53.6 Å². The molecule has 5 heteroatoms. The Kier molecular flexibility index (Phi) is 9.95. The van der Waals surface area contributed by atoms with Crippen LogP contribution < -0.4 is 14.2 Å². The van der Waals surface area contributed by atoms with E-state index in [0.717, 1.165) is 52.5 Å². The normalized spacial score (nSPS) is 12.6. The van der Waals surface area contributed by atoms with Crippen molar-refractivity contribution in [1.29, 1.82) is 0 Å². The van der Waals surface area contributed by atoms with Crippen LogP contribution in [0.5, 0.6) is 17.2 Å². The van der Waals surface area contributed by atoms with Gasteiger partial charge in [-0.25, -0.2) is 0 Å². The van der Waals surface area contributed by atoms with Crippen molar-refractivity contribution in [2.24, 2.45) is 5.16 Å². The first kappa shape index (κ1) is 24.3. The second-order valence-electron chi connectivity index (χ2n) is 7.57. The average molecular weight is 426 g/mol. The average Bonchev–Trinajstić information content (AvgIpc) is 2.73. The first-order valence-corrected chi connectivity index (χ1v) is 10.8. The molecule has 31 heavy (non-hydrogen) atoms. The largest absolute Gasteiger partial charge is 0.493 e. The SMILES string of the molecule is C/C=C/COc1cc(C)c(OCCCC(C)Oc2cccc(C(C)=NOC)c2)c(C)c1. The monoisotopic (exact) mass is 425 g/mol. The molecule has 168 valence electrons. The molecule has 2 aromatic rings. The zero-order chi connectivity index (χ0) is 22.6. The van der Waals surface area contributed by atoms with Gasteiger partial charge in [-0.1, -0.05) is 29.4 Å². The molecule has 0 fully saturated rings. The van der Waals surface area contributed by atoms with Crippen LogP contribution >= 0.6 is 0 Å². The summed E-state index contributed by atoms with van der Waals surface area (Å²) in [5.41, 5.74) is 3.98. The van der Waals surface area contributed by atoms with Crippen molar-refractivity contribution in [1.82, 2.24) is 0 Å². The van der Waals surface area contributed by atoms with E-state index in [1.165, 1.54) is 0 Å². The van der Waals surface area contributed by atoms with E-state index in [4.69, 9.17) is 19.0 Å². The quantitative estimate of drug-likeness (QED) is 0.174. The molecule has 0 amide bonds. The number of hydrogen-bond acceptors (Lipinski definition) is 5. The van der Waals surface area contributed by atoms with Gasteiger partial charge in [0.15, 0.2) is 0 Å². The number of rotatable bonds is 12. The Labute approximate surface area is 186 Å². The Balaban J connectivity index is 1.82. The van der Waals surface area contributed by atoms with E-state index in [0.29, 0.717) is 13.2 Å². The molecule has 0 aliphatic heterocycles. The number of nitrogens with zero attached hydrogens (tertiary/aromatic N) is 1. The molecule has 2 rings (SSSR count). The fraction of sp³-hybridized carbons (Fsp3) is 0.423. The van der Waals surface area contributed by atoms with E-state index in [2.05, 4.69) is 25.9 Å². The van der Waals surface area contributed by atoms with Crippen LogP contribution in [0.1, 0.15) is 50.3 Å². The molecule has 0 saturated carbocycles. The molecule has 0 aliphatic carbocycles. The maximum Gasteiger partial charge on any atom is 0.125 e. The number of hydrogen-bond donors (Lipinski definition) is 0. The summed E-state index contributed by atoms with van der Waals surface area (Å²) in [5.74, 6) is 2.64. The second kappa shape index (κ2) is 12.7. The lowest BCUT2D eigenvalue weighted by molar-refractivity contribution is 0.193. The van der Waals surface area contributed by atoms with Crippen molar-refractivity contribution in [3.05, 3.63) is 65.2 Å². The number of aryl methyl sites for hydroxylation is 2. The smallest absolute Gasteiger partial charge is 0.125 e. The van der Waals surface area contributed by atoms with Gasteiger partial charge in [-0.3, -0.25) is 0 Å². The van der Waals surface area contributed by atoms with Crippen LogP contribution in [-0.2, 0) is 4.84 Å². The van der Waals surface area contributed by atoms with Crippen LogP contribution in [0, 0.1) is 13.8 Å². The molecule has 0 heterocycles. The molecule has 0 aromatic heterocycles.